The van der Waals surface area contributed by atoms with Gasteiger partial charge in [-0.1, -0.05) is 6.92 Å². The molecular formula is C12H18O3. The maximum absolute atomic E-state index is 11.3. The Morgan fingerprint density at radius 3 is 3.13 bits per heavy atom. The van der Waals surface area contributed by atoms with Gasteiger partial charge in [-0.05, 0) is 38.2 Å². The normalized spacial score (nSPS) is 41.1. The predicted molar refractivity (Wildman–Crippen MR) is 56.4 cm³/mol. The minimum absolute atomic E-state index is 0.00397. The molecule has 0 N–H and O–H groups in total. The molecule has 0 amide bonds. The molecule has 2 aliphatic rings. The first-order valence-electron chi connectivity index (χ1n) is 5.60. The molecule has 2 rings (SSSR count). The number of hydrogen-bond acceptors (Lipinski definition) is 3. The molecule has 0 aromatic carbocycles. The highest BCUT2D eigenvalue weighted by Crippen LogP contribution is 2.51. The van der Waals surface area contributed by atoms with E-state index in [-0.39, 0.29) is 17.7 Å². The zero-order valence-electron chi connectivity index (χ0n) is 9.58. The van der Waals surface area contributed by atoms with Gasteiger partial charge in [0.25, 0.3) is 0 Å². The molecule has 0 bridgehead atoms. The first-order chi connectivity index (χ1) is 7.05. The lowest BCUT2D eigenvalue weighted by Gasteiger charge is -2.21. The summed E-state index contributed by atoms with van der Waals surface area (Å²) in [6.07, 6.45) is 3.84. The molecule has 0 radical (unpaired) electrons. The molecule has 1 saturated heterocycles. The SMILES string of the molecule is CCOC(=O)/C=C1\C[C@H](C)C[C@]2(C)O[C@H]12. The van der Waals surface area contributed by atoms with Crippen LogP contribution in [-0.2, 0) is 14.3 Å². The summed E-state index contributed by atoms with van der Waals surface area (Å²) in [5.41, 5.74) is 1.10. The zero-order chi connectivity index (χ0) is 11.1. The topological polar surface area (TPSA) is 38.8 Å². The molecule has 3 heteroatoms. The monoisotopic (exact) mass is 210 g/mol. The third kappa shape index (κ3) is 2.07. The molecule has 0 spiro atoms. The Hall–Kier alpha value is -0.830. The van der Waals surface area contributed by atoms with E-state index >= 15 is 0 Å². The Bertz CT molecular complexity index is 308. The van der Waals surface area contributed by atoms with Gasteiger partial charge in [-0.25, -0.2) is 4.79 Å². The summed E-state index contributed by atoms with van der Waals surface area (Å²) in [6.45, 7) is 6.56. The summed E-state index contributed by atoms with van der Waals surface area (Å²) in [5.74, 6) is 0.355. The van der Waals surface area contributed by atoms with Crippen molar-refractivity contribution in [2.24, 2.45) is 5.92 Å². The van der Waals surface area contributed by atoms with Crippen molar-refractivity contribution in [2.45, 2.75) is 45.3 Å². The number of carbonyl (C=O) groups is 1. The van der Waals surface area contributed by atoms with Crippen LogP contribution in [0.5, 0.6) is 0 Å². The van der Waals surface area contributed by atoms with E-state index in [1.54, 1.807) is 6.08 Å². The van der Waals surface area contributed by atoms with Crippen LogP contribution < -0.4 is 0 Å². The van der Waals surface area contributed by atoms with Crippen LogP contribution in [-0.4, -0.2) is 24.3 Å². The lowest BCUT2D eigenvalue weighted by Crippen LogP contribution is -2.23. The summed E-state index contributed by atoms with van der Waals surface area (Å²) in [4.78, 5) is 11.3. The number of ether oxygens (including phenoxy) is 2. The van der Waals surface area contributed by atoms with E-state index in [9.17, 15) is 4.79 Å². The Balaban J connectivity index is 2.06. The first-order valence-corrected chi connectivity index (χ1v) is 5.60. The van der Waals surface area contributed by atoms with E-state index in [0.29, 0.717) is 12.5 Å². The van der Waals surface area contributed by atoms with Gasteiger partial charge in [-0.15, -0.1) is 0 Å². The maximum atomic E-state index is 11.3. The molecule has 2 fully saturated rings. The smallest absolute Gasteiger partial charge is 0.330 e. The highest BCUT2D eigenvalue weighted by atomic mass is 16.6. The van der Waals surface area contributed by atoms with Gasteiger partial charge in [0.15, 0.2) is 0 Å². The fourth-order valence-corrected chi connectivity index (χ4v) is 2.60. The number of fused-ring (bicyclic) bond motifs is 1. The second-order valence-electron chi connectivity index (χ2n) is 4.80. The Labute approximate surface area is 90.4 Å². The second-order valence-corrected chi connectivity index (χ2v) is 4.80. The molecule has 0 aromatic heterocycles. The summed E-state index contributed by atoms with van der Waals surface area (Å²) < 4.78 is 10.6. The molecule has 84 valence electrons. The van der Waals surface area contributed by atoms with Gasteiger partial charge in [-0.3, -0.25) is 0 Å². The fraction of sp³-hybridized carbons (Fsp3) is 0.750. The quantitative estimate of drug-likeness (QED) is 0.398. The number of epoxide rings is 1. The molecular weight excluding hydrogens is 192 g/mol. The van der Waals surface area contributed by atoms with E-state index in [2.05, 4.69) is 13.8 Å². The van der Waals surface area contributed by atoms with Crippen molar-refractivity contribution in [1.82, 2.24) is 0 Å². The third-order valence-electron chi connectivity index (χ3n) is 3.15. The van der Waals surface area contributed by atoms with Crippen LogP contribution in [0.4, 0.5) is 0 Å². The minimum Gasteiger partial charge on any atom is -0.463 e. The van der Waals surface area contributed by atoms with Crippen LogP contribution in [0.15, 0.2) is 11.6 Å². The van der Waals surface area contributed by atoms with Crippen LogP contribution >= 0.6 is 0 Å². The summed E-state index contributed by atoms with van der Waals surface area (Å²) in [6, 6.07) is 0. The summed E-state index contributed by atoms with van der Waals surface area (Å²) >= 11 is 0. The van der Waals surface area contributed by atoms with Crippen molar-refractivity contribution in [3.05, 3.63) is 11.6 Å². The zero-order valence-corrected chi connectivity index (χ0v) is 9.58. The molecule has 15 heavy (non-hydrogen) atoms. The second kappa shape index (κ2) is 3.63. The largest absolute Gasteiger partial charge is 0.463 e. The van der Waals surface area contributed by atoms with E-state index < -0.39 is 0 Å². The average molecular weight is 210 g/mol. The minimum atomic E-state index is -0.237. The molecule has 3 atom stereocenters. The third-order valence-corrected chi connectivity index (χ3v) is 3.15. The average Bonchev–Trinajstić information content (AvgIpc) is 2.76. The Morgan fingerprint density at radius 2 is 2.47 bits per heavy atom. The van der Waals surface area contributed by atoms with Crippen molar-refractivity contribution >= 4 is 5.97 Å². The number of esters is 1. The van der Waals surface area contributed by atoms with Gasteiger partial charge in [0.1, 0.15) is 6.10 Å². The Kier molecular flexibility index (Phi) is 2.59. The van der Waals surface area contributed by atoms with Crippen molar-refractivity contribution in [2.75, 3.05) is 6.61 Å². The van der Waals surface area contributed by atoms with Gasteiger partial charge >= 0.3 is 5.97 Å². The van der Waals surface area contributed by atoms with Gasteiger partial charge in [0.2, 0.25) is 0 Å². The first kappa shape index (κ1) is 10.7. The van der Waals surface area contributed by atoms with Crippen LogP contribution in [0.1, 0.15) is 33.6 Å². The van der Waals surface area contributed by atoms with E-state index in [4.69, 9.17) is 9.47 Å². The van der Waals surface area contributed by atoms with Crippen LogP contribution in [0.25, 0.3) is 0 Å². The lowest BCUT2D eigenvalue weighted by atomic mass is 9.80. The van der Waals surface area contributed by atoms with E-state index in [0.717, 1.165) is 18.4 Å². The number of rotatable bonds is 2. The lowest BCUT2D eigenvalue weighted by molar-refractivity contribution is -0.137. The van der Waals surface area contributed by atoms with Crippen molar-refractivity contribution in [1.29, 1.82) is 0 Å². The van der Waals surface area contributed by atoms with Gasteiger partial charge in [0.05, 0.1) is 12.2 Å². The van der Waals surface area contributed by atoms with Crippen LogP contribution in [0, 0.1) is 5.92 Å². The van der Waals surface area contributed by atoms with Crippen LogP contribution in [0.3, 0.4) is 0 Å². The van der Waals surface area contributed by atoms with Gasteiger partial charge in [-0.2, -0.15) is 0 Å². The fourth-order valence-electron chi connectivity index (χ4n) is 2.60. The molecule has 1 aliphatic heterocycles. The van der Waals surface area contributed by atoms with Crippen LogP contribution in [0.2, 0.25) is 0 Å². The standard InChI is InChI=1S/C12H18O3/c1-4-14-10(13)6-9-5-8(2)7-12(3)11(9)15-12/h6,8,11H,4-5,7H2,1-3H3/b9-6+/t8-,11+,12-/m0/s1. The highest BCUT2D eigenvalue weighted by Gasteiger charge is 2.57. The predicted octanol–water partition coefficient (Wildman–Crippen LogP) is 2.06. The molecule has 1 aliphatic carbocycles. The maximum Gasteiger partial charge on any atom is 0.330 e. The van der Waals surface area contributed by atoms with E-state index in [1.807, 2.05) is 6.92 Å². The summed E-state index contributed by atoms with van der Waals surface area (Å²) in [5, 5.41) is 0. The number of carbonyl (C=O) groups excluding carboxylic acids is 1. The Morgan fingerprint density at radius 1 is 1.73 bits per heavy atom. The van der Waals surface area contributed by atoms with Gasteiger partial charge in [0, 0.05) is 6.08 Å². The van der Waals surface area contributed by atoms with E-state index in [1.165, 1.54) is 0 Å². The molecule has 1 saturated carbocycles. The summed E-state index contributed by atoms with van der Waals surface area (Å²) in [7, 11) is 0. The van der Waals surface area contributed by atoms with Gasteiger partial charge < -0.3 is 9.47 Å². The number of hydrogen-bond donors (Lipinski definition) is 0. The molecule has 3 nitrogen and oxygen atoms in total. The molecule has 1 heterocycles. The molecule has 0 aromatic rings. The van der Waals surface area contributed by atoms with Crippen molar-refractivity contribution in [3.8, 4) is 0 Å². The molecule has 0 unspecified atom stereocenters. The van der Waals surface area contributed by atoms with Crippen molar-refractivity contribution < 1.29 is 14.3 Å². The van der Waals surface area contributed by atoms with Crippen molar-refractivity contribution in [3.63, 3.8) is 0 Å². The highest BCUT2D eigenvalue weighted by molar-refractivity contribution is 5.83.